The number of rotatable bonds is 8. The highest BCUT2D eigenvalue weighted by molar-refractivity contribution is 5.91. The second kappa shape index (κ2) is 13.3. The molecule has 5 rings (SSSR count). The number of aromatic nitrogens is 4. The van der Waals surface area contributed by atoms with Crippen LogP contribution in [0.25, 0.3) is 0 Å². The molecule has 2 aromatic heterocycles. The quantitative estimate of drug-likeness (QED) is 0.258. The first kappa shape index (κ1) is 28.1. The largest absolute Gasteiger partial charge is 0.309 e. The standard InChI is InChI=1S/C33H36N6O2/c1-22-7-5-9-24(17-22)19-32(40)34-30-15-13-28(36-38-30)26-11-3-4-12-27(21-26)29-14-16-31(39-37-29)35-33(41)20-25-10-6-8-23(2)18-25/h5-10,13-18,26-27H,3-4,11-12,19-21H2,1-2H3,(H,34,38,40)(H,35,39,41)/t26-,27+. The van der Waals surface area contributed by atoms with Crippen molar-refractivity contribution in [3.63, 3.8) is 0 Å². The summed E-state index contributed by atoms with van der Waals surface area (Å²) in [7, 11) is 0. The van der Waals surface area contributed by atoms with E-state index in [1.165, 1.54) is 0 Å². The van der Waals surface area contributed by atoms with Crippen LogP contribution in [0.2, 0.25) is 0 Å². The van der Waals surface area contributed by atoms with E-state index in [0.29, 0.717) is 24.5 Å². The topological polar surface area (TPSA) is 110 Å². The Kier molecular flexibility index (Phi) is 9.08. The maximum atomic E-state index is 12.5. The molecule has 2 heterocycles. The second-order valence-electron chi connectivity index (χ2n) is 11.0. The maximum Gasteiger partial charge on any atom is 0.229 e. The van der Waals surface area contributed by atoms with Crippen LogP contribution in [-0.4, -0.2) is 32.2 Å². The Bertz CT molecular complexity index is 1370. The van der Waals surface area contributed by atoms with Crippen LogP contribution < -0.4 is 10.6 Å². The number of carbonyl (C=O) groups excluding carboxylic acids is 2. The van der Waals surface area contributed by atoms with E-state index in [1.807, 2.05) is 86.6 Å². The summed E-state index contributed by atoms with van der Waals surface area (Å²) in [4.78, 5) is 25.0. The summed E-state index contributed by atoms with van der Waals surface area (Å²) in [6.07, 6.45) is 5.78. The molecule has 2 aromatic carbocycles. The zero-order valence-corrected chi connectivity index (χ0v) is 23.6. The summed E-state index contributed by atoms with van der Waals surface area (Å²) in [6.45, 7) is 4.03. The fourth-order valence-corrected chi connectivity index (χ4v) is 5.54. The van der Waals surface area contributed by atoms with E-state index < -0.39 is 0 Å². The molecule has 2 amide bonds. The molecule has 4 aromatic rings. The zero-order chi connectivity index (χ0) is 28.6. The minimum absolute atomic E-state index is 0.111. The van der Waals surface area contributed by atoms with Gasteiger partial charge in [0.1, 0.15) is 0 Å². The fourth-order valence-electron chi connectivity index (χ4n) is 5.54. The molecule has 41 heavy (non-hydrogen) atoms. The van der Waals surface area contributed by atoms with Gasteiger partial charge >= 0.3 is 0 Å². The lowest BCUT2D eigenvalue weighted by molar-refractivity contribution is -0.116. The molecular formula is C33H36N6O2. The van der Waals surface area contributed by atoms with Crippen molar-refractivity contribution in [2.45, 2.75) is 70.6 Å². The Morgan fingerprint density at radius 1 is 0.659 bits per heavy atom. The number of nitrogens with one attached hydrogen (secondary N) is 2. The van der Waals surface area contributed by atoms with Gasteiger partial charge in [-0.25, -0.2) is 0 Å². The minimum atomic E-state index is -0.111. The SMILES string of the molecule is Cc1cccc(CC(=O)Nc2ccc([C@@H]3CCCC[C@H](c4ccc(NC(=O)Cc5cccc(C)c5)nn4)C3)nn2)c1. The van der Waals surface area contributed by atoms with Crippen molar-refractivity contribution in [3.05, 3.63) is 106 Å². The number of carbonyl (C=O) groups is 2. The van der Waals surface area contributed by atoms with Gasteiger partial charge in [-0.3, -0.25) is 9.59 Å². The van der Waals surface area contributed by atoms with Gasteiger partial charge in [-0.1, -0.05) is 72.5 Å². The molecule has 2 N–H and O–H groups in total. The van der Waals surface area contributed by atoms with Crippen LogP contribution in [0.5, 0.6) is 0 Å². The Hall–Kier alpha value is -4.46. The average molecular weight is 549 g/mol. The molecule has 0 aliphatic heterocycles. The molecule has 1 aliphatic carbocycles. The molecule has 1 saturated carbocycles. The number of aryl methyl sites for hydroxylation is 2. The van der Waals surface area contributed by atoms with Crippen molar-refractivity contribution < 1.29 is 9.59 Å². The summed E-state index contributed by atoms with van der Waals surface area (Å²) in [5.41, 5.74) is 6.06. The molecular weight excluding hydrogens is 512 g/mol. The Morgan fingerprint density at radius 3 is 1.51 bits per heavy atom. The highest BCUT2D eigenvalue weighted by atomic mass is 16.2. The predicted molar refractivity (Wildman–Crippen MR) is 160 cm³/mol. The van der Waals surface area contributed by atoms with Crippen molar-refractivity contribution in [3.8, 4) is 0 Å². The van der Waals surface area contributed by atoms with Crippen LogP contribution >= 0.6 is 0 Å². The normalized spacial score (nSPS) is 16.9. The molecule has 0 spiro atoms. The van der Waals surface area contributed by atoms with Gasteiger partial charge in [0.05, 0.1) is 24.2 Å². The molecule has 0 saturated heterocycles. The summed E-state index contributed by atoms with van der Waals surface area (Å²) in [6, 6.07) is 23.5. The number of hydrogen-bond donors (Lipinski definition) is 2. The minimum Gasteiger partial charge on any atom is -0.309 e. The van der Waals surface area contributed by atoms with Gasteiger partial charge in [0.2, 0.25) is 11.8 Å². The predicted octanol–water partition coefficient (Wildman–Crippen LogP) is 6.08. The number of nitrogens with zero attached hydrogens (tertiary/aromatic N) is 4. The number of benzene rings is 2. The average Bonchev–Trinajstić information content (AvgIpc) is 3.20. The highest BCUT2D eigenvalue weighted by Gasteiger charge is 2.25. The third-order valence-corrected chi connectivity index (χ3v) is 7.56. The number of amides is 2. The van der Waals surface area contributed by atoms with Gasteiger partial charge in [0, 0.05) is 11.8 Å². The third kappa shape index (κ3) is 8.03. The smallest absolute Gasteiger partial charge is 0.229 e. The molecule has 1 fully saturated rings. The third-order valence-electron chi connectivity index (χ3n) is 7.56. The molecule has 2 atom stereocenters. The molecule has 1 aliphatic rings. The van der Waals surface area contributed by atoms with E-state index in [-0.39, 0.29) is 23.7 Å². The summed E-state index contributed by atoms with van der Waals surface area (Å²) < 4.78 is 0. The summed E-state index contributed by atoms with van der Waals surface area (Å²) >= 11 is 0. The second-order valence-corrected chi connectivity index (χ2v) is 11.0. The monoisotopic (exact) mass is 548 g/mol. The van der Waals surface area contributed by atoms with E-state index in [2.05, 4.69) is 31.0 Å². The Balaban J connectivity index is 1.16. The van der Waals surface area contributed by atoms with Gasteiger partial charge in [0.15, 0.2) is 11.6 Å². The number of hydrogen-bond acceptors (Lipinski definition) is 6. The van der Waals surface area contributed by atoms with Gasteiger partial charge < -0.3 is 10.6 Å². The van der Waals surface area contributed by atoms with Gasteiger partial charge in [-0.05, 0) is 68.5 Å². The van der Waals surface area contributed by atoms with Crippen molar-refractivity contribution >= 4 is 23.5 Å². The van der Waals surface area contributed by atoms with Crippen LogP contribution in [0.4, 0.5) is 11.6 Å². The molecule has 8 nitrogen and oxygen atoms in total. The van der Waals surface area contributed by atoms with Crippen LogP contribution in [0, 0.1) is 13.8 Å². The van der Waals surface area contributed by atoms with Crippen molar-refractivity contribution in [1.82, 2.24) is 20.4 Å². The molecule has 0 unspecified atom stereocenters. The van der Waals surface area contributed by atoms with E-state index in [0.717, 1.165) is 65.7 Å². The number of anilines is 2. The van der Waals surface area contributed by atoms with Crippen molar-refractivity contribution in [2.24, 2.45) is 0 Å². The fraction of sp³-hybridized carbons (Fsp3) is 0.333. The highest BCUT2D eigenvalue weighted by Crippen LogP contribution is 2.38. The summed E-state index contributed by atoms with van der Waals surface area (Å²) in [5, 5.41) is 23.3. The van der Waals surface area contributed by atoms with E-state index >= 15 is 0 Å². The van der Waals surface area contributed by atoms with E-state index in [4.69, 9.17) is 0 Å². The first-order chi connectivity index (χ1) is 19.9. The molecule has 0 bridgehead atoms. The summed E-state index contributed by atoms with van der Waals surface area (Å²) in [5.74, 6) is 1.20. The Labute approximate surface area is 241 Å². The van der Waals surface area contributed by atoms with E-state index in [1.54, 1.807) is 0 Å². The van der Waals surface area contributed by atoms with Gasteiger partial charge in [0.25, 0.3) is 0 Å². The van der Waals surface area contributed by atoms with Gasteiger partial charge in [-0.15, -0.1) is 10.2 Å². The van der Waals surface area contributed by atoms with E-state index in [9.17, 15) is 9.59 Å². The van der Waals surface area contributed by atoms with Crippen molar-refractivity contribution in [1.29, 1.82) is 0 Å². The van der Waals surface area contributed by atoms with Crippen LogP contribution in [0.15, 0.2) is 72.8 Å². The first-order valence-corrected chi connectivity index (χ1v) is 14.3. The Morgan fingerprint density at radius 2 is 1.12 bits per heavy atom. The first-order valence-electron chi connectivity index (χ1n) is 14.3. The molecule has 0 radical (unpaired) electrons. The molecule has 8 heteroatoms. The lowest BCUT2D eigenvalue weighted by Crippen LogP contribution is -2.17. The zero-order valence-electron chi connectivity index (χ0n) is 23.6. The maximum absolute atomic E-state index is 12.5. The van der Waals surface area contributed by atoms with Crippen LogP contribution in [0.3, 0.4) is 0 Å². The van der Waals surface area contributed by atoms with Gasteiger partial charge in [-0.2, -0.15) is 10.2 Å². The lowest BCUT2D eigenvalue weighted by atomic mass is 9.88. The lowest BCUT2D eigenvalue weighted by Gasteiger charge is -2.19. The van der Waals surface area contributed by atoms with Crippen LogP contribution in [0.1, 0.15) is 77.6 Å². The molecule has 210 valence electrons. The van der Waals surface area contributed by atoms with Crippen LogP contribution in [-0.2, 0) is 22.4 Å². The van der Waals surface area contributed by atoms with Crippen molar-refractivity contribution in [2.75, 3.05) is 10.6 Å².